The maximum Gasteiger partial charge on any atom is 0.293 e. The van der Waals surface area contributed by atoms with Crippen molar-refractivity contribution in [2.45, 2.75) is 38.6 Å². The van der Waals surface area contributed by atoms with Gasteiger partial charge in [0.25, 0.3) is 5.91 Å². The molecule has 24 heavy (non-hydrogen) atoms. The maximum absolute atomic E-state index is 12.6. The highest BCUT2D eigenvalue weighted by Crippen LogP contribution is 2.34. The Morgan fingerprint density at radius 2 is 1.92 bits per heavy atom. The summed E-state index contributed by atoms with van der Waals surface area (Å²) in [5.41, 5.74) is 3.50. The van der Waals surface area contributed by atoms with Gasteiger partial charge in [0.15, 0.2) is 23.9 Å². The van der Waals surface area contributed by atoms with Gasteiger partial charge in [-0.05, 0) is 43.4 Å². The third kappa shape index (κ3) is 2.82. The zero-order chi connectivity index (χ0) is 16.5. The molecule has 5 nitrogen and oxygen atoms in total. The minimum absolute atomic E-state index is 0.0466. The molecule has 1 aromatic carbocycles. The van der Waals surface area contributed by atoms with E-state index < -0.39 is 0 Å². The van der Waals surface area contributed by atoms with Gasteiger partial charge in [-0.1, -0.05) is 0 Å². The zero-order valence-electron chi connectivity index (χ0n) is 13.7. The average Bonchev–Trinajstić information content (AvgIpc) is 3.08. The van der Waals surface area contributed by atoms with E-state index >= 15 is 0 Å². The number of benzene rings is 1. The number of carbonyl (C=O) groups excluding carboxylic acids is 1. The Labute approximate surface area is 141 Å². The average molecular weight is 325 g/mol. The van der Waals surface area contributed by atoms with Crippen LogP contribution in [0.2, 0.25) is 0 Å². The Hall–Kier alpha value is -2.56. The van der Waals surface area contributed by atoms with Crippen molar-refractivity contribution in [2.24, 2.45) is 0 Å². The van der Waals surface area contributed by atoms with Crippen LogP contribution in [0.3, 0.4) is 0 Å². The molecular weight excluding hydrogens is 304 g/mol. The van der Waals surface area contributed by atoms with Crippen LogP contribution in [0.1, 0.15) is 36.9 Å². The van der Waals surface area contributed by atoms with E-state index in [1.807, 2.05) is 29.8 Å². The Bertz CT molecular complexity index is 788. The van der Waals surface area contributed by atoms with Gasteiger partial charge in [0.2, 0.25) is 12.8 Å². The quantitative estimate of drug-likeness (QED) is 0.883. The van der Waals surface area contributed by atoms with E-state index in [4.69, 9.17) is 9.47 Å². The Balaban J connectivity index is 1.49. The van der Waals surface area contributed by atoms with Gasteiger partial charge < -0.3 is 14.8 Å². The van der Waals surface area contributed by atoms with Crippen LogP contribution in [0.4, 0.5) is 5.69 Å². The summed E-state index contributed by atoms with van der Waals surface area (Å²) in [5.74, 6) is 1.33. The first kappa shape index (κ1) is 15.0. The summed E-state index contributed by atoms with van der Waals surface area (Å²) in [5, 5.41) is 2.95. The summed E-state index contributed by atoms with van der Waals surface area (Å²) in [6, 6.07) is 7.32. The van der Waals surface area contributed by atoms with Gasteiger partial charge in [-0.25, -0.2) is 0 Å². The van der Waals surface area contributed by atoms with Crippen LogP contribution in [0.5, 0.6) is 11.5 Å². The first-order valence-corrected chi connectivity index (χ1v) is 8.44. The Morgan fingerprint density at radius 3 is 2.79 bits per heavy atom. The predicted octanol–water partition coefficient (Wildman–Crippen LogP) is 2.78. The molecule has 0 spiro atoms. The fourth-order valence-electron chi connectivity index (χ4n) is 3.29. The topological polar surface area (TPSA) is 51.4 Å². The second-order valence-electron chi connectivity index (χ2n) is 6.38. The molecule has 0 fully saturated rings. The largest absolute Gasteiger partial charge is 0.454 e. The summed E-state index contributed by atoms with van der Waals surface area (Å²) in [6.45, 7) is 2.14. The van der Waals surface area contributed by atoms with Gasteiger partial charge in [0, 0.05) is 30.3 Å². The lowest BCUT2D eigenvalue weighted by atomic mass is 9.93. The smallest absolute Gasteiger partial charge is 0.293 e. The lowest BCUT2D eigenvalue weighted by Gasteiger charge is -2.15. The third-order valence-corrected chi connectivity index (χ3v) is 4.77. The number of anilines is 1. The molecule has 2 aliphatic rings. The number of rotatable bonds is 3. The molecule has 0 unspecified atom stereocenters. The van der Waals surface area contributed by atoms with Crippen LogP contribution in [0, 0.1) is 0 Å². The number of carbonyl (C=O) groups is 1. The number of nitrogens with zero attached hydrogens (tertiary/aromatic N) is 1. The summed E-state index contributed by atoms with van der Waals surface area (Å²) in [6.07, 6.45) is 8.87. The Kier molecular flexibility index (Phi) is 3.84. The highest BCUT2D eigenvalue weighted by atomic mass is 16.7. The van der Waals surface area contributed by atoms with E-state index in [1.54, 1.807) is 6.07 Å². The van der Waals surface area contributed by atoms with E-state index in [0.29, 0.717) is 11.5 Å². The molecule has 1 aliphatic carbocycles. The van der Waals surface area contributed by atoms with Crippen LogP contribution >= 0.6 is 0 Å². The molecule has 2 heterocycles. The van der Waals surface area contributed by atoms with E-state index in [9.17, 15) is 4.79 Å². The fraction of sp³-hybridized carbons (Fsp3) is 0.368. The number of pyridine rings is 1. The summed E-state index contributed by atoms with van der Waals surface area (Å²) in [4.78, 5) is 12.6. The van der Waals surface area contributed by atoms with Crippen molar-refractivity contribution >= 4 is 11.6 Å². The summed E-state index contributed by atoms with van der Waals surface area (Å²) in [7, 11) is 0. The Morgan fingerprint density at radius 1 is 1.12 bits per heavy atom. The summed E-state index contributed by atoms with van der Waals surface area (Å²) >= 11 is 0. The zero-order valence-corrected chi connectivity index (χ0v) is 13.7. The highest BCUT2D eigenvalue weighted by molar-refractivity contribution is 5.92. The fourth-order valence-corrected chi connectivity index (χ4v) is 3.29. The molecule has 1 aromatic heterocycles. The first-order valence-electron chi connectivity index (χ1n) is 8.44. The van der Waals surface area contributed by atoms with Gasteiger partial charge in [-0.3, -0.25) is 4.79 Å². The monoisotopic (exact) mass is 325 g/mol. The van der Waals surface area contributed by atoms with Gasteiger partial charge >= 0.3 is 0 Å². The number of nitrogens with one attached hydrogen (secondary N) is 1. The van der Waals surface area contributed by atoms with E-state index in [2.05, 4.69) is 17.6 Å². The highest BCUT2D eigenvalue weighted by Gasteiger charge is 2.24. The SMILES string of the molecule is C[C@@H](C(=O)Nc1ccc2c(c1)OCO2)[n+]1ccc2c(c1)CCCC2. The first-order chi connectivity index (χ1) is 11.7. The van der Waals surface area contributed by atoms with E-state index in [0.717, 1.165) is 18.5 Å². The minimum Gasteiger partial charge on any atom is -0.454 e. The van der Waals surface area contributed by atoms with Crippen molar-refractivity contribution in [3.63, 3.8) is 0 Å². The van der Waals surface area contributed by atoms with Crippen molar-refractivity contribution < 1.29 is 18.8 Å². The van der Waals surface area contributed by atoms with Crippen molar-refractivity contribution in [3.8, 4) is 11.5 Å². The van der Waals surface area contributed by atoms with Crippen molar-refractivity contribution in [2.75, 3.05) is 12.1 Å². The van der Waals surface area contributed by atoms with E-state index in [-0.39, 0.29) is 18.7 Å². The molecule has 1 amide bonds. The molecule has 1 atom stereocenters. The van der Waals surface area contributed by atoms with Crippen LogP contribution in [-0.2, 0) is 17.6 Å². The number of hydrogen-bond donors (Lipinski definition) is 1. The van der Waals surface area contributed by atoms with Crippen LogP contribution in [0.25, 0.3) is 0 Å². The standard InChI is InChI=1S/C19H20N2O3/c1-13(21-9-8-14-4-2-3-5-15(14)11-21)19(22)20-16-6-7-17-18(10-16)24-12-23-17/h6-11,13H,2-5,12H2,1H3/p+1/t13-/m0/s1. The third-order valence-electron chi connectivity index (χ3n) is 4.77. The van der Waals surface area contributed by atoms with Gasteiger partial charge in [-0.2, -0.15) is 4.57 Å². The number of aryl methyl sites for hydroxylation is 2. The number of aromatic nitrogens is 1. The second-order valence-corrected chi connectivity index (χ2v) is 6.38. The molecule has 0 bridgehead atoms. The summed E-state index contributed by atoms with van der Waals surface area (Å²) < 4.78 is 12.6. The molecule has 0 saturated heterocycles. The number of ether oxygens (including phenoxy) is 2. The molecule has 124 valence electrons. The van der Waals surface area contributed by atoms with Gasteiger partial charge in [0.1, 0.15) is 0 Å². The van der Waals surface area contributed by atoms with Crippen LogP contribution < -0.4 is 19.4 Å². The number of hydrogen-bond acceptors (Lipinski definition) is 3. The van der Waals surface area contributed by atoms with E-state index in [1.165, 1.54) is 24.0 Å². The van der Waals surface area contributed by atoms with Gasteiger partial charge in [-0.15, -0.1) is 0 Å². The molecule has 1 aliphatic heterocycles. The molecule has 0 saturated carbocycles. The molecular formula is C19H21N2O3+. The van der Waals surface area contributed by atoms with Crippen molar-refractivity contribution in [1.29, 1.82) is 0 Å². The van der Waals surface area contributed by atoms with Crippen LogP contribution in [-0.4, -0.2) is 12.7 Å². The predicted molar refractivity (Wildman–Crippen MR) is 89.2 cm³/mol. The molecule has 0 radical (unpaired) electrons. The van der Waals surface area contributed by atoms with Crippen molar-refractivity contribution in [3.05, 3.63) is 47.8 Å². The van der Waals surface area contributed by atoms with Gasteiger partial charge in [0.05, 0.1) is 0 Å². The molecule has 1 N–H and O–H groups in total. The lowest BCUT2D eigenvalue weighted by molar-refractivity contribution is -0.706. The van der Waals surface area contributed by atoms with Crippen LogP contribution in [0.15, 0.2) is 36.7 Å². The normalized spacial score (nSPS) is 16.4. The second kappa shape index (κ2) is 6.15. The minimum atomic E-state index is -0.275. The number of fused-ring (bicyclic) bond motifs is 2. The molecule has 2 aromatic rings. The molecule has 5 heteroatoms. The van der Waals surface area contributed by atoms with Crippen molar-refractivity contribution in [1.82, 2.24) is 0 Å². The number of amides is 1. The lowest BCUT2D eigenvalue weighted by Crippen LogP contribution is -2.44. The maximum atomic E-state index is 12.6. The molecule has 4 rings (SSSR count).